The number of hydrogen-bond donors (Lipinski definition) is 0. The highest BCUT2D eigenvalue weighted by atomic mass is 16.5. The number of hydrogen-bond acceptors (Lipinski definition) is 4. The van der Waals surface area contributed by atoms with Crippen molar-refractivity contribution in [3.63, 3.8) is 0 Å². The maximum absolute atomic E-state index is 12.4. The number of aryl methyl sites for hydroxylation is 1. The van der Waals surface area contributed by atoms with E-state index in [9.17, 15) is 4.79 Å². The maximum atomic E-state index is 12.4. The normalized spacial score (nSPS) is 13.3. The predicted octanol–water partition coefficient (Wildman–Crippen LogP) is 5.06. The number of benzene rings is 1. The SMILES string of the molecule is C1CCOCC1.Cc1ccccc1CC(=O)c1ccc(-c2ccccn2)nc1. The summed E-state index contributed by atoms with van der Waals surface area (Å²) in [5, 5.41) is 0. The Morgan fingerprint density at radius 1 is 0.893 bits per heavy atom. The summed E-state index contributed by atoms with van der Waals surface area (Å²) in [5.74, 6) is 0.0781. The molecule has 0 unspecified atom stereocenters. The zero-order valence-electron chi connectivity index (χ0n) is 16.3. The zero-order valence-corrected chi connectivity index (χ0v) is 16.3. The zero-order chi connectivity index (χ0) is 19.6. The molecule has 4 heteroatoms. The average molecular weight is 374 g/mol. The van der Waals surface area contributed by atoms with Crippen molar-refractivity contribution >= 4 is 5.78 Å². The first-order valence-electron chi connectivity index (χ1n) is 9.77. The van der Waals surface area contributed by atoms with E-state index in [2.05, 4.69) is 9.97 Å². The fourth-order valence-corrected chi connectivity index (χ4v) is 3.00. The van der Waals surface area contributed by atoms with Crippen LogP contribution >= 0.6 is 0 Å². The second-order valence-electron chi connectivity index (χ2n) is 6.85. The molecule has 1 aromatic carbocycles. The minimum absolute atomic E-state index is 0.0781. The van der Waals surface area contributed by atoms with Gasteiger partial charge in [0.1, 0.15) is 0 Å². The lowest BCUT2D eigenvalue weighted by atomic mass is 10.0. The van der Waals surface area contributed by atoms with Crippen LogP contribution in [0.5, 0.6) is 0 Å². The predicted molar refractivity (Wildman–Crippen MR) is 111 cm³/mol. The molecule has 0 radical (unpaired) electrons. The molecule has 0 amide bonds. The lowest BCUT2D eigenvalue weighted by molar-refractivity contribution is 0.0968. The van der Waals surface area contributed by atoms with E-state index in [1.54, 1.807) is 12.4 Å². The highest BCUT2D eigenvalue weighted by Crippen LogP contribution is 2.16. The molecule has 3 heterocycles. The fraction of sp³-hybridized carbons (Fsp3) is 0.292. The number of nitrogens with zero attached hydrogens (tertiary/aromatic N) is 2. The van der Waals surface area contributed by atoms with E-state index < -0.39 is 0 Å². The smallest absolute Gasteiger partial charge is 0.168 e. The van der Waals surface area contributed by atoms with E-state index in [4.69, 9.17) is 4.74 Å². The third kappa shape index (κ3) is 5.83. The summed E-state index contributed by atoms with van der Waals surface area (Å²) < 4.78 is 5.07. The lowest BCUT2D eigenvalue weighted by Crippen LogP contribution is -2.05. The monoisotopic (exact) mass is 374 g/mol. The molecule has 28 heavy (non-hydrogen) atoms. The van der Waals surface area contributed by atoms with Crippen molar-refractivity contribution in [3.05, 3.63) is 83.7 Å². The van der Waals surface area contributed by atoms with Gasteiger partial charge in [0.2, 0.25) is 0 Å². The number of carbonyl (C=O) groups excluding carboxylic acids is 1. The van der Waals surface area contributed by atoms with Gasteiger partial charge < -0.3 is 4.74 Å². The van der Waals surface area contributed by atoms with E-state index in [1.165, 1.54) is 19.3 Å². The standard InChI is InChI=1S/C19H16N2O.C5H10O/c1-14-6-2-3-7-15(14)12-19(22)16-9-10-18(21-13-16)17-8-4-5-11-20-17;1-2-4-6-5-3-1/h2-11,13H,12H2,1H3;1-5H2. The van der Waals surface area contributed by atoms with Gasteiger partial charge in [0.25, 0.3) is 0 Å². The van der Waals surface area contributed by atoms with Crippen LogP contribution < -0.4 is 0 Å². The van der Waals surface area contributed by atoms with Crippen LogP contribution in [0.25, 0.3) is 11.4 Å². The number of ketones is 1. The number of carbonyl (C=O) groups is 1. The molecule has 1 aliphatic heterocycles. The molecule has 0 bridgehead atoms. The Hall–Kier alpha value is -2.85. The maximum Gasteiger partial charge on any atom is 0.168 e. The Labute approximate surface area is 166 Å². The number of rotatable bonds is 4. The van der Waals surface area contributed by atoms with Crippen molar-refractivity contribution in [2.24, 2.45) is 0 Å². The van der Waals surface area contributed by atoms with Gasteiger partial charge in [0, 0.05) is 37.6 Å². The molecule has 3 aromatic rings. The molecule has 0 saturated carbocycles. The number of pyridine rings is 2. The first kappa shape index (κ1) is 19.9. The van der Waals surface area contributed by atoms with Gasteiger partial charge in [-0.1, -0.05) is 30.3 Å². The Balaban J connectivity index is 0.000000320. The van der Waals surface area contributed by atoms with Crippen molar-refractivity contribution in [3.8, 4) is 11.4 Å². The average Bonchev–Trinajstić information content (AvgIpc) is 2.78. The Morgan fingerprint density at radius 3 is 2.21 bits per heavy atom. The third-order valence-corrected chi connectivity index (χ3v) is 4.70. The molecule has 4 nitrogen and oxygen atoms in total. The summed E-state index contributed by atoms with van der Waals surface area (Å²) in [6.07, 6.45) is 7.69. The summed E-state index contributed by atoms with van der Waals surface area (Å²) in [4.78, 5) is 21.0. The van der Waals surface area contributed by atoms with Crippen molar-refractivity contribution in [2.45, 2.75) is 32.6 Å². The molecule has 0 atom stereocenters. The second kappa shape index (κ2) is 10.5. The highest BCUT2D eigenvalue weighted by molar-refractivity contribution is 5.97. The van der Waals surface area contributed by atoms with Gasteiger partial charge in [0.05, 0.1) is 11.4 Å². The molecule has 0 N–H and O–H groups in total. The summed E-state index contributed by atoms with van der Waals surface area (Å²) in [6.45, 7) is 4.02. The summed E-state index contributed by atoms with van der Waals surface area (Å²) in [7, 11) is 0. The van der Waals surface area contributed by atoms with Crippen molar-refractivity contribution < 1.29 is 9.53 Å². The minimum atomic E-state index is 0.0781. The van der Waals surface area contributed by atoms with Crippen LogP contribution in [0.2, 0.25) is 0 Å². The van der Waals surface area contributed by atoms with Gasteiger partial charge in [-0.05, 0) is 61.6 Å². The van der Waals surface area contributed by atoms with Crippen LogP contribution in [0.4, 0.5) is 0 Å². The molecule has 0 spiro atoms. The van der Waals surface area contributed by atoms with Gasteiger partial charge in [-0.3, -0.25) is 14.8 Å². The molecule has 4 rings (SSSR count). The van der Waals surface area contributed by atoms with E-state index in [-0.39, 0.29) is 5.78 Å². The highest BCUT2D eigenvalue weighted by Gasteiger charge is 2.10. The summed E-state index contributed by atoms with van der Waals surface area (Å²) in [6, 6.07) is 17.3. The van der Waals surface area contributed by atoms with Crippen LogP contribution in [0.15, 0.2) is 67.0 Å². The van der Waals surface area contributed by atoms with Crippen LogP contribution in [0, 0.1) is 6.92 Å². The van der Waals surface area contributed by atoms with Crippen LogP contribution in [0.3, 0.4) is 0 Å². The topological polar surface area (TPSA) is 52.1 Å². The van der Waals surface area contributed by atoms with E-state index in [0.29, 0.717) is 12.0 Å². The van der Waals surface area contributed by atoms with E-state index in [1.807, 2.05) is 61.5 Å². The molecule has 1 saturated heterocycles. The van der Waals surface area contributed by atoms with Crippen LogP contribution in [-0.2, 0) is 11.2 Å². The number of aromatic nitrogens is 2. The van der Waals surface area contributed by atoms with E-state index >= 15 is 0 Å². The van der Waals surface area contributed by atoms with Crippen molar-refractivity contribution in [1.82, 2.24) is 9.97 Å². The summed E-state index contributed by atoms with van der Waals surface area (Å²) in [5.41, 5.74) is 4.39. The molecule has 0 aliphatic carbocycles. The first-order chi connectivity index (χ1) is 13.7. The van der Waals surface area contributed by atoms with Gasteiger partial charge >= 0.3 is 0 Å². The Kier molecular flexibility index (Phi) is 7.44. The lowest BCUT2D eigenvalue weighted by Gasteiger charge is -2.08. The second-order valence-corrected chi connectivity index (χ2v) is 6.85. The number of Topliss-reactive ketones (excluding diaryl/α,β-unsaturated/α-hetero) is 1. The molecular formula is C24H26N2O2. The van der Waals surface area contributed by atoms with Crippen molar-refractivity contribution in [2.75, 3.05) is 13.2 Å². The molecule has 2 aromatic heterocycles. The Morgan fingerprint density at radius 2 is 1.64 bits per heavy atom. The van der Waals surface area contributed by atoms with Gasteiger partial charge in [-0.25, -0.2) is 0 Å². The van der Waals surface area contributed by atoms with Gasteiger partial charge in [0.15, 0.2) is 5.78 Å². The van der Waals surface area contributed by atoms with Gasteiger partial charge in [-0.15, -0.1) is 0 Å². The first-order valence-corrected chi connectivity index (χ1v) is 9.77. The molecule has 1 fully saturated rings. The third-order valence-electron chi connectivity index (χ3n) is 4.70. The van der Waals surface area contributed by atoms with E-state index in [0.717, 1.165) is 35.7 Å². The molecular weight excluding hydrogens is 348 g/mol. The molecule has 144 valence electrons. The quantitative estimate of drug-likeness (QED) is 0.599. The Bertz CT molecular complexity index is 861. The van der Waals surface area contributed by atoms with Crippen molar-refractivity contribution in [1.29, 1.82) is 0 Å². The summed E-state index contributed by atoms with van der Waals surface area (Å²) >= 11 is 0. The minimum Gasteiger partial charge on any atom is -0.381 e. The largest absolute Gasteiger partial charge is 0.381 e. The van der Waals surface area contributed by atoms with Gasteiger partial charge in [-0.2, -0.15) is 0 Å². The fourth-order valence-electron chi connectivity index (χ4n) is 3.00. The van der Waals surface area contributed by atoms with Crippen LogP contribution in [-0.4, -0.2) is 29.0 Å². The molecule has 1 aliphatic rings. The van der Waals surface area contributed by atoms with Crippen LogP contribution in [0.1, 0.15) is 40.7 Å². The number of ether oxygens (including phenoxy) is 1.